The highest BCUT2D eigenvalue weighted by Gasteiger charge is 2.09. The van der Waals surface area contributed by atoms with Crippen LogP contribution in [0.1, 0.15) is 25.2 Å². The molecule has 1 heterocycles. The molecule has 0 amide bonds. The van der Waals surface area contributed by atoms with Gasteiger partial charge in [-0.2, -0.15) is 5.10 Å². The summed E-state index contributed by atoms with van der Waals surface area (Å²) in [5, 5.41) is 4.76. The van der Waals surface area contributed by atoms with Crippen LogP contribution in [-0.4, -0.2) is 14.8 Å². The topological polar surface area (TPSA) is 39.9 Å². The predicted octanol–water partition coefficient (Wildman–Crippen LogP) is 3.55. The van der Waals surface area contributed by atoms with E-state index in [9.17, 15) is 4.39 Å². The molecule has 108 valence electrons. The summed E-state index contributed by atoms with van der Waals surface area (Å²) in [6.07, 6.45) is 1.49. The molecule has 6 heteroatoms. The summed E-state index contributed by atoms with van der Waals surface area (Å²) in [5.41, 5.74) is 0.873. The Balaban J connectivity index is 2.03. The van der Waals surface area contributed by atoms with E-state index in [0.717, 1.165) is 12.1 Å². The van der Waals surface area contributed by atoms with Crippen molar-refractivity contribution in [2.24, 2.45) is 5.92 Å². The van der Waals surface area contributed by atoms with Crippen LogP contribution in [0, 0.1) is 11.7 Å². The Hall–Kier alpha value is -1.43. The fourth-order valence-electron chi connectivity index (χ4n) is 1.79. The third-order valence-corrected chi connectivity index (χ3v) is 3.39. The monoisotopic (exact) mass is 341 g/mol. The summed E-state index contributed by atoms with van der Waals surface area (Å²) in [6.45, 7) is 5.18. The molecule has 0 aliphatic heterocycles. The molecule has 0 aliphatic rings. The third kappa shape index (κ3) is 3.79. The molecular formula is C14H17BrFN3O. The van der Waals surface area contributed by atoms with Crippen molar-refractivity contribution >= 4 is 15.9 Å². The van der Waals surface area contributed by atoms with Gasteiger partial charge in [-0.1, -0.05) is 35.8 Å². The van der Waals surface area contributed by atoms with E-state index in [4.69, 9.17) is 4.74 Å². The Labute approximate surface area is 126 Å². The quantitative estimate of drug-likeness (QED) is 0.754. The Morgan fingerprint density at radius 2 is 2.20 bits per heavy atom. The van der Waals surface area contributed by atoms with Gasteiger partial charge in [-0.05, 0) is 23.6 Å². The van der Waals surface area contributed by atoms with Gasteiger partial charge in [-0.3, -0.25) is 0 Å². The first kappa shape index (κ1) is 15.0. The van der Waals surface area contributed by atoms with Crippen molar-refractivity contribution in [2.45, 2.75) is 32.3 Å². The van der Waals surface area contributed by atoms with E-state index in [1.54, 1.807) is 10.7 Å². The first-order valence-electron chi connectivity index (χ1n) is 6.44. The molecule has 4 nitrogen and oxygen atoms in total. The maximum Gasteiger partial charge on any atom is 0.165 e. The fourth-order valence-corrected chi connectivity index (χ4v) is 2.13. The molecule has 0 unspecified atom stereocenters. The van der Waals surface area contributed by atoms with Gasteiger partial charge in [0.15, 0.2) is 17.4 Å². The lowest BCUT2D eigenvalue weighted by Gasteiger charge is -2.10. The van der Waals surface area contributed by atoms with Crippen molar-refractivity contribution in [3.8, 4) is 5.75 Å². The lowest BCUT2D eigenvalue weighted by atomic mass is 10.2. The maximum absolute atomic E-state index is 13.8. The van der Waals surface area contributed by atoms with Crippen LogP contribution < -0.4 is 4.74 Å². The van der Waals surface area contributed by atoms with Crippen LogP contribution >= 0.6 is 15.9 Å². The second kappa shape index (κ2) is 6.83. The number of hydrogen-bond donors (Lipinski definition) is 0. The first-order valence-corrected chi connectivity index (χ1v) is 7.56. The number of aromatic nitrogens is 3. The molecule has 1 aromatic carbocycles. The van der Waals surface area contributed by atoms with Crippen LogP contribution in [0.3, 0.4) is 0 Å². The average Bonchev–Trinajstić information content (AvgIpc) is 2.83. The molecular weight excluding hydrogens is 325 g/mol. The van der Waals surface area contributed by atoms with Gasteiger partial charge in [0.2, 0.25) is 0 Å². The Morgan fingerprint density at radius 1 is 1.40 bits per heavy atom. The van der Waals surface area contributed by atoms with Gasteiger partial charge < -0.3 is 4.74 Å². The zero-order chi connectivity index (χ0) is 14.5. The van der Waals surface area contributed by atoms with Crippen molar-refractivity contribution < 1.29 is 9.13 Å². The SMILES string of the molecule is CC(C)Cn1ncnc1COc1ccc(CBr)cc1F. The maximum atomic E-state index is 13.8. The van der Waals surface area contributed by atoms with Crippen LogP contribution in [0.4, 0.5) is 4.39 Å². The van der Waals surface area contributed by atoms with E-state index >= 15 is 0 Å². The van der Waals surface area contributed by atoms with E-state index in [0.29, 0.717) is 17.1 Å². The van der Waals surface area contributed by atoms with Crippen LogP contribution in [0.15, 0.2) is 24.5 Å². The summed E-state index contributed by atoms with van der Waals surface area (Å²) in [5.74, 6) is 1.03. The van der Waals surface area contributed by atoms with E-state index in [2.05, 4.69) is 39.9 Å². The first-order chi connectivity index (χ1) is 9.60. The zero-order valence-corrected chi connectivity index (χ0v) is 13.1. The minimum Gasteiger partial charge on any atom is -0.483 e. The molecule has 2 aromatic rings. The summed E-state index contributed by atoms with van der Waals surface area (Å²) in [6, 6.07) is 4.92. The van der Waals surface area contributed by atoms with Crippen molar-refractivity contribution in [2.75, 3.05) is 0 Å². The summed E-state index contributed by atoms with van der Waals surface area (Å²) >= 11 is 3.29. The van der Waals surface area contributed by atoms with Crippen molar-refractivity contribution in [3.63, 3.8) is 0 Å². The largest absolute Gasteiger partial charge is 0.483 e. The van der Waals surface area contributed by atoms with E-state index < -0.39 is 0 Å². The van der Waals surface area contributed by atoms with Crippen molar-refractivity contribution in [1.82, 2.24) is 14.8 Å². The Morgan fingerprint density at radius 3 is 2.85 bits per heavy atom. The van der Waals surface area contributed by atoms with E-state index in [1.807, 2.05) is 6.07 Å². The van der Waals surface area contributed by atoms with Gasteiger partial charge in [-0.25, -0.2) is 14.1 Å². The zero-order valence-electron chi connectivity index (χ0n) is 11.5. The second-order valence-corrected chi connectivity index (χ2v) is 5.50. The smallest absolute Gasteiger partial charge is 0.165 e. The molecule has 0 saturated heterocycles. The second-order valence-electron chi connectivity index (χ2n) is 4.94. The standard InChI is InChI=1S/C14H17BrFN3O/c1-10(2)7-19-14(17-9-18-19)8-20-13-4-3-11(6-15)5-12(13)16/h3-5,9-10H,6-8H2,1-2H3. The Kier molecular flexibility index (Phi) is 5.11. The number of halogens is 2. The molecule has 0 bridgehead atoms. The number of alkyl halides is 1. The minimum absolute atomic E-state index is 0.206. The summed E-state index contributed by atoms with van der Waals surface area (Å²) in [4.78, 5) is 4.14. The number of hydrogen-bond acceptors (Lipinski definition) is 3. The highest BCUT2D eigenvalue weighted by Crippen LogP contribution is 2.20. The fraction of sp³-hybridized carbons (Fsp3) is 0.429. The van der Waals surface area contributed by atoms with Crippen LogP contribution in [0.2, 0.25) is 0 Å². The molecule has 0 atom stereocenters. The highest BCUT2D eigenvalue weighted by molar-refractivity contribution is 9.08. The van der Waals surface area contributed by atoms with Crippen LogP contribution in [-0.2, 0) is 18.5 Å². The molecule has 0 aliphatic carbocycles. The molecule has 0 spiro atoms. The number of nitrogens with zero attached hydrogens (tertiary/aromatic N) is 3. The van der Waals surface area contributed by atoms with Gasteiger partial charge in [0.1, 0.15) is 12.9 Å². The van der Waals surface area contributed by atoms with Gasteiger partial charge in [0, 0.05) is 11.9 Å². The molecule has 20 heavy (non-hydrogen) atoms. The number of ether oxygens (including phenoxy) is 1. The van der Waals surface area contributed by atoms with Gasteiger partial charge in [0.05, 0.1) is 0 Å². The minimum atomic E-state index is -0.364. The van der Waals surface area contributed by atoms with Crippen molar-refractivity contribution in [1.29, 1.82) is 0 Å². The molecule has 0 saturated carbocycles. The lowest BCUT2D eigenvalue weighted by Crippen LogP contribution is -2.12. The average molecular weight is 342 g/mol. The normalized spacial score (nSPS) is 11.1. The molecule has 0 fully saturated rings. The van der Waals surface area contributed by atoms with Crippen molar-refractivity contribution in [3.05, 3.63) is 41.7 Å². The van der Waals surface area contributed by atoms with Gasteiger partial charge >= 0.3 is 0 Å². The van der Waals surface area contributed by atoms with Crippen LogP contribution in [0.5, 0.6) is 5.75 Å². The molecule has 1 aromatic heterocycles. The third-order valence-electron chi connectivity index (χ3n) is 2.74. The predicted molar refractivity (Wildman–Crippen MR) is 78.2 cm³/mol. The van der Waals surface area contributed by atoms with E-state index in [-0.39, 0.29) is 18.2 Å². The summed E-state index contributed by atoms with van der Waals surface area (Å²) < 4.78 is 21.1. The highest BCUT2D eigenvalue weighted by atomic mass is 79.9. The number of benzene rings is 1. The Bertz CT molecular complexity index is 571. The molecule has 0 radical (unpaired) electrons. The van der Waals surface area contributed by atoms with Gasteiger partial charge in [0.25, 0.3) is 0 Å². The lowest BCUT2D eigenvalue weighted by molar-refractivity contribution is 0.269. The molecule has 0 N–H and O–H groups in total. The van der Waals surface area contributed by atoms with E-state index in [1.165, 1.54) is 12.4 Å². The number of rotatable bonds is 6. The van der Waals surface area contributed by atoms with Crippen LogP contribution in [0.25, 0.3) is 0 Å². The summed E-state index contributed by atoms with van der Waals surface area (Å²) in [7, 11) is 0. The van der Waals surface area contributed by atoms with Gasteiger partial charge in [-0.15, -0.1) is 0 Å². The molecule has 2 rings (SSSR count).